The number of nitrogens with zero attached hydrogens (tertiary/aromatic N) is 1. The lowest BCUT2D eigenvalue weighted by atomic mass is 9.96. The summed E-state index contributed by atoms with van der Waals surface area (Å²) in [6, 6.07) is 12.4. The second kappa shape index (κ2) is 6.36. The minimum atomic E-state index is -0.186. The van der Waals surface area contributed by atoms with Crippen molar-refractivity contribution >= 4 is 16.7 Å². The van der Waals surface area contributed by atoms with Crippen molar-refractivity contribution in [3.63, 3.8) is 0 Å². The van der Waals surface area contributed by atoms with Gasteiger partial charge in [0.05, 0.1) is 13.0 Å². The number of amides is 1. The number of benzene rings is 2. The smallest absolute Gasteiger partial charge is 0.221 e. The van der Waals surface area contributed by atoms with Crippen molar-refractivity contribution in [2.45, 2.75) is 19.4 Å². The van der Waals surface area contributed by atoms with E-state index in [-0.39, 0.29) is 11.8 Å². The molecule has 0 unspecified atom stereocenters. The van der Waals surface area contributed by atoms with Crippen LogP contribution in [0.5, 0.6) is 5.75 Å². The molecule has 22 heavy (non-hydrogen) atoms. The van der Waals surface area contributed by atoms with Crippen molar-refractivity contribution in [1.82, 2.24) is 4.90 Å². The average molecular weight is 298 g/mol. The van der Waals surface area contributed by atoms with E-state index in [0.717, 1.165) is 38.2 Å². The average Bonchev–Trinajstić information content (AvgIpc) is 2.55. The monoisotopic (exact) mass is 298 g/mol. The molecule has 0 spiro atoms. The number of nitrogens with two attached hydrogens (primary N) is 1. The van der Waals surface area contributed by atoms with E-state index in [2.05, 4.69) is 23.1 Å². The van der Waals surface area contributed by atoms with Gasteiger partial charge in [-0.2, -0.15) is 0 Å². The maximum Gasteiger partial charge on any atom is 0.221 e. The number of hydrogen-bond donors (Lipinski definition) is 1. The van der Waals surface area contributed by atoms with Gasteiger partial charge in [-0.25, -0.2) is 0 Å². The molecule has 2 N–H and O–H groups in total. The second-order valence-corrected chi connectivity index (χ2v) is 5.94. The van der Waals surface area contributed by atoms with Gasteiger partial charge in [0.1, 0.15) is 5.75 Å². The zero-order valence-corrected chi connectivity index (χ0v) is 12.9. The van der Waals surface area contributed by atoms with Gasteiger partial charge in [0.25, 0.3) is 0 Å². The van der Waals surface area contributed by atoms with E-state index < -0.39 is 0 Å². The summed E-state index contributed by atoms with van der Waals surface area (Å²) >= 11 is 0. The number of carbonyl (C=O) groups excluding carboxylic acids is 1. The number of primary amides is 1. The van der Waals surface area contributed by atoms with Crippen molar-refractivity contribution in [3.8, 4) is 5.75 Å². The summed E-state index contributed by atoms with van der Waals surface area (Å²) in [5.41, 5.74) is 6.66. The van der Waals surface area contributed by atoms with Gasteiger partial charge in [-0.1, -0.05) is 30.3 Å². The highest BCUT2D eigenvalue weighted by molar-refractivity contribution is 5.87. The van der Waals surface area contributed by atoms with E-state index in [0.29, 0.717) is 0 Å². The summed E-state index contributed by atoms with van der Waals surface area (Å²) in [6.45, 7) is 2.52. The molecule has 1 atom stereocenters. The van der Waals surface area contributed by atoms with Crippen LogP contribution >= 0.6 is 0 Å². The zero-order chi connectivity index (χ0) is 15.5. The van der Waals surface area contributed by atoms with Crippen molar-refractivity contribution in [1.29, 1.82) is 0 Å². The van der Waals surface area contributed by atoms with Crippen LogP contribution in [0.3, 0.4) is 0 Å². The fraction of sp³-hybridized carbons (Fsp3) is 0.389. The predicted octanol–water partition coefficient (Wildman–Crippen LogP) is 2.55. The Hall–Kier alpha value is -2.07. The fourth-order valence-electron chi connectivity index (χ4n) is 3.33. The van der Waals surface area contributed by atoms with Crippen molar-refractivity contribution in [2.24, 2.45) is 11.7 Å². The summed E-state index contributed by atoms with van der Waals surface area (Å²) in [4.78, 5) is 13.8. The molecular formula is C18H22N2O2. The van der Waals surface area contributed by atoms with Gasteiger partial charge in [0.15, 0.2) is 0 Å². The van der Waals surface area contributed by atoms with Crippen molar-refractivity contribution < 1.29 is 9.53 Å². The van der Waals surface area contributed by atoms with Crippen LogP contribution in [0.15, 0.2) is 36.4 Å². The van der Waals surface area contributed by atoms with E-state index >= 15 is 0 Å². The molecule has 0 aliphatic carbocycles. The summed E-state index contributed by atoms with van der Waals surface area (Å²) in [7, 11) is 1.70. The summed E-state index contributed by atoms with van der Waals surface area (Å²) in [5, 5.41) is 2.42. The van der Waals surface area contributed by atoms with Crippen LogP contribution in [0.2, 0.25) is 0 Å². The van der Waals surface area contributed by atoms with E-state index in [1.807, 2.05) is 18.2 Å². The standard InChI is InChI=1S/C18H22N2O2/c1-22-17-9-8-13-5-2-3-7-15(13)16(17)12-20-10-4-6-14(11-20)18(19)21/h2-3,5,7-9,14H,4,6,10-12H2,1H3,(H2,19,21)/t14-/m1/s1. The largest absolute Gasteiger partial charge is 0.496 e. The third-order valence-corrected chi connectivity index (χ3v) is 4.51. The fourth-order valence-corrected chi connectivity index (χ4v) is 3.33. The molecule has 1 heterocycles. The van der Waals surface area contributed by atoms with Gasteiger partial charge in [-0.3, -0.25) is 9.69 Å². The molecule has 116 valence electrons. The van der Waals surface area contributed by atoms with Gasteiger partial charge < -0.3 is 10.5 Å². The van der Waals surface area contributed by atoms with Crippen LogP contribution in [0, 0.1) is 5.92 Å². The molecule has 0 aromatic heterocycles. The minimum Gasteiger partial charge on any atom is -0.496 e. The van der Waals surface area contributed by atoms with E-state index in [1.165, 1.54) is 16.3 Å². The number of fused-ring (bicyclic) bond motifs is 1. The first kappa shape index (κ1) is 14.9. The Morgan fingerprint density at radius 1 is 1.32 bits per heavy atom. The molecule has 1 aliphatic rings. The topological polar surface area (TPSA) is 55.6 Å². The molecule has 1 saturated heterocycles. The molecule has 2 aromatic rings. The summed E-state index contributed by atoms with van der Waals surface area (Å²) in [6.07, 6.45) is 1.92. The summed E-state index contributed by atoms with van der Waals surface area (Å²) in [5.74, 6) is 0.684. The Morgan fingerprint density at radius 2 is 2.14 bits per heavy atom. The van der Waals surface area contributed by atoms with Crippen LogP contribution in [-0.2, 0) is 11.3 Å². The number of piperidine rings is 1. The normalized spacial score (nSPS) is 19.2. The maximum absolute atomic E-state index is 11.5. The Bertz CT molecular complexity index is 684. The minimum absolute atomic E-state index is 0.0327. The molecule has 0 saturated carbocycles. The molecule has 4 nitrogen and oxygen atoms in total. The molecular weight excluding hydrogens is 276 g/mol. The first-order valence-corrected chi connectivity index (χ1v) is 7.75. The molecule has 1 amide bonds. The highest BCUT2D eigenvalue weighted by Crippen LogP contribution is 2.30. The number of carbonyl (C=O) groups is 1. The van der Waals surface area contributed by atoms with E-state index in [9.17, 15) is 4.79 Å². The molecule has 4 heteroatoms. The molecule has 1 aliphatic heterocycles. The number of hydrogen-bond acceptors (Lipinski definition) is 3. The van der Waals surface area contributed by atoms with Gasteiger partial charge in [-0.05, 0) is 36.2 Å². The van der Waals surface area contributed by atoms with Gasteiger partial charge in [-0.15, -0.1) is 0 Å². The van der Waals surface area contributed by atoms with Crippen LogP contribution in [0.1, 0.15) is 18.4 Å². The molecule has 1 fully saturated rings. The van der Waals surface area contributed by atoms with Crippen molar-refractivity contribution in [3.05, 3.63) is 42.0 Å². The number of likely N-dealkylation sites (tertiary alicyclic amines) is 1. The third-order valence-electron chi connectivity index (χ3n) is 4.51. The zero-order valence-electron chi connectivity index (χ0n) is 12.9. The highest BCUT2D eigenvalue weighted by Gasteiger charge is 2.25. The third kappa shape index (κ3) is 2.92. The number of rotatable bonds is 4. The Kier molecular flexibility index (Phi) is 4.29. The lowest BCUT2D eigenvalue weighted by Gasteiger charge is -2.31. The van der Waals surface area contributed by atoms with Crippen molar-refractivity contribution in [2.75, 3.05) is 20.2 Å². The Labute approximate surface area is 130 Å². The SMILES string of the molecule is COc1ccc2ccccc2c1CN1CCC[C@@H](C(N)=O)C1. The number of ether oxygens (including phenoxy) is 1. The second-order valence-electron chi connectivity index (χ2n) is 5.94. The molecule has 3 rings (SSSR count). The highest BCUT2D eigenvalue weighted by atomic mass is 16.5. The van der Waals surface area contributed by atoms with E-state index in [1.54, 1.807) is 7.11 Å². The maximum atomic E-state index is 11.5. The number of methoxy groups -OCH3 is 1. The van der Waals surface area contributed by atoms with E-state index in [4.69, 9.17) is 10.5 Å². The van der Waals surface area contributed by atoms with Crippen LogP contribution in [-0.4, -0.2) is 31.0 Å². The predicted molar refractivity (Wildman–Crippen MR) is 87.7 cm³/mol. The quantitative estimate of drug-likeness (QED) is 0.943. The lowest BCUT2D eigenvalue weighted by Crippen LogP contribution is -2.40. The summed E-state index contributed by atoms with van der Waals surface area (Å²) < 4.78 is 5.55. The first-order valence-electron chi connectivity index (χ1n) is 7.75. The Balaban J connectivity index is 1.90. The van der Waals surface area contributed by atoms with Crippen LogP contribution in [0.4, 0.5) is 0 Å². The van der Waals surface area contributed by atoms with Crippen LogP contribution in [0.25, 0.3) is 10.8 Å². The molecule has 0 bridgehead atoms. The Morgan fingerprint density at radius 3 is 2.91 bits per heavy atom. The van der Waals surface area contributed by atoms with Crippen LogP contribution < -0.4 is 10.5 Å². The van der Waals surface area contributed by atoms with Gasteiger partial charge in [0.2, 0.25) is 5.91 Å². The van der Waals surface area contributed by atoms with Gasteiger partial charge >= 0.3 is 0 Å². The van der Waals surface area contributed by atoms with Gasteiger partial charge in [0, 0.05) is 18.7 Å². The molecule has 2 aromatic carbocycles. The first-order chi connectivity index (χ1) is 10.7. The molecule has 0 radical (unpaired) electrons. The lowest BCUT2D eigenvalue weighted by molar-refractivity contribution is -0.123.